The van der Waals surface area contributed by atoms with Gasteiger partial charge in [-0.15, -0.1) is 0 Å². The van der Waals surface area contributed by atoms with Gasteiger partial charge in [0.1, 0.15) is 0 Å². The summed E-state index contributed by atoms with van der Waals surface area (Å²) in [5.74, 6) is -1.09. The van der Waals surface area contributed by atoms with E-state index in [0.717, 1.165) is 10.7 Å². The molecular formula is C15H12F4N4OSe. The summed E-state index contributed by atoms with van der Waals surface area (Å²) in [6, 6.07) is 0.944. The Morgan fingerprint density at radius 1 is 1.40 bits per heavy atom. The van der Waals surface area contributed by atoms with Crippen molar-refractivity contribution in [2.45, 2.75) is 19.0 Å². The maximum atomic E-state index is 13.7. The van der Waals surface area contributed by atoms with Gasteiger partial charge in [0.05, 0.1) is 0 Å². The predicted molar refractivity (Wildman–Crippen MR) is 83.5 cm³/mol. The van der Waals surface area contributed by atoms with E-state index in [9.17, 15) is 22.4 Å². The first-order valence-electron chi connectivity index (χ1n) is 7.19. The van der Waals surface area contributed by atoms with Crippen LogP contribution in [0.5, 0.6) is 0 Å². The monoisotopic (exact) mass is 420 g/mol. The molecule has 3 rings (SSSR count). The van der Waals surface area contributed by atoms with Gasteiger partial charge in [-0.1, -0.05) is 0 Å². The number of aromatic nitrogens is 3. The second kappa shape index (κ2) is 6.61. The number of carbonyl (C=O) groups is 1. The van der Waals surface area contributed by atoms with Gasteiger partial charge in [-0.25, -0.2) is 0 Å². The number of rotatable bonds is 3. The molecule has 1 aliphatic carbocycles. The third-order valence-corrected chi connectivity index (χ3v) is 5.46. The van der Waals surface area contributed by atoms with Crippen molar-refractivity contribution in [2.24, 2.45) is 7.05 Å². The Kier molecular flexibility index (Phi) is 4.66. The van der Waals surface area contributed by atoms with E-state index in [1.54, 1.807) is 6.08 Å². The minimum absolute atomic E-state index is 0.0434. The van der Waals surface area contributed by atoms with Gasteiger partial charge in [-0.3, -0.25) is 0 Å². The van der Waals surface area contributed by atoms with E-state index in [1.165, 1.54) is 19.3 Å². The van der Waals surface area contributed by atoms with E-state index < -0.39 is 38.1 Å². The van der Waals surface area contributed by atoms with Crippen molar-refractivity contribution in [1.29, 1.82) is 0 Å². The standard InChI is InChI=1S/C15H12F4N4OSe/c1-23-10(6-12(22-23)15(17,18)19)11-7-20-14(25-11)21-13(24)8-4-2-3-5-9(8)16/h2,4,6-7H,3,5H2,1H3,(H,20,21,24). The molecule has 2 aromatic rings. The number of amides is 1. The molecule has 2 heterocycles. The topological polar surface area (TPSA) is 59.8 Å². The third-order valence-electron chi connectivity index (χ3n) is 3.50. The molecule has 10 heteroatoms. The van der Waals surface area contributed by atoms with Crippen LogP contribution in [0.3, 0.4) is 0 Å². The molecule has 0 fully saturated rings. The van der Waals surface area contributed by atoms with Gasteiger partial charge in [-0.05, 0) is 0 Å². The predicted octanol–water partition coefficient (Wildman–Crippen LogP) is 3.07. The fourth-order valence-electron chi connectivity index (χ4n) is 2.29. The average molecular weight is 419 g/mol. The van der Waals surface area contributed by atoms with Gasteiger partial charge < -0.3 is 0 Å². The van der Waals surface area contributed by atoms with Crippen LogP contribution in [0.1, 0.15) is 18.5 Å². The number of hydrogen-bond donors (Lipinski definition) is 1. The summed E-state index contributed by atoms with van der Waals surface area (Å²) in [4.78, 5) is 16.1. The first-order chi connectivity index (χ1) is 11.8. The van der Waals surface area contributed by atoms with Gasteiger partial charge in [0, 0.05) is 0 Å². The van der Waals surface area contributed by atoms with Crippen molar-refractivity contribution in [3.05, 3.63) is 41.5 Å². The second-order valence-corrected chi connectivity index (χ2v) is 7.44. The molecule has 1 amide bonds. The Bertz CT molecular complexity index is 878. The van der Waals surface area contributed by atoms with E-state index >= 15 is 0 Å². The van der Waals surface area contributed by atoms with Crippen LogP contribution < -0.4 is 5.32 Å². The van der Waals surface area contributed by atoms with Crippen LogP contribution in [-0.4, -0.2) is 35.2 Å². The molecule has 1 aliphatic rings. The van der Waals surface area contributed by atoms with Crippen LogP contribution in [0.15, 0.2) is 35.8 Å². The van der Waals surface area contributed by atoms with Crippen LogP contribution >= 0.6 is 0 Å². The summed E-state index contributed by atoms with van der Waals surface area (Å²) in [5.41, 5.74) is -0.750. The number of alkyl halides is 3. The molecule has 1 N–H and O–H groups in total. The Morgan fingerprint density at radius 3 is 2.80 bits per heavy atom. The molecule has 5 nitrogen and oxygen atoms in total. The van der Waals surface area contributed by atoms with E-state index in [2.05, 4.69) is 15.4 Å². The molecule has 25 heavy (non-hydrogen) atoms. The zero-order valence-electron chi connectivity index (χ0n) is 12.9. The molecule has 2 aromatic heterocycles. The van der Waals surface area contributed by atoms with Crippen molar-refractivity contribution >= 4 is 25.1 Å². The molecule has 0 spiro atoms. The maximum absolute atomic E-state index is 13.7. The van der Waals surface area contributed by atoms with Crippen molar-refractivity contribution in [3.63, 3.8) is 0 Å². The number of aryl methyl sites for hydroxylation is 1. The number of nitrogens with one attached hydrogen (secondary N) is 1. The van der Waals surface area contributed by atoms with E-state index in [-0.39, 0.29) is 17.7 Å². The zero-order valence-corrected chi connectivity index (χ0v) is 14.6. The SMILES string of the molecule is Cn1nc(C(F)(F)F)cc1-c1cnc(NC(=O)C2=C(F)CCC=C2)[se]1. The summed E-state index contributed by atoms with van der Waals surface area (Å²) < 4.78 is 53.9. The average Bonchev–Trinajstić information content (AvgIpc) is 3.13. The van der Waals surface area contributed by atoms with Gasteiger partial charge in [-0.2, -0.15) is 0 Å². The molecule has 0 saturated heterocycles. The molecule has 132 valence electrons. The minimum atomic E-state index is -4.53. The summed E-state index contributed by atoms with van der Waals surface area (Å²) in [6.45, 7) is 0. The Balaban J connectivity index is 1.81. The molecule has 0 saturated carbocycles. The van der Waals surface area contributed by atoms with Crippen LogP contribution in [0, 0.1) is 0 Å². The first kappa shape index (κ1) is 17.6. The van der Waals surface area contributed by atoms with Crippen LogP contribution in [0.25, 0.3) is 10.1 Å². The number of hydrogen-bond acceptors (Lipinski definition) is 3. The molecule has 0 radical (unpaired) electrons. The van der Waals surface area contributed by atoms with Gasteiger partial charge >= 0.3 is 145 Å². The van der Waals surface area contributed by atoms with Crippen LogP contribution in [-0.2, 0) is 18.0 Å². The summed E-state index contributed by atoms with van der Waals surface area (Å²) in [7, 11) is 1.41. The molecule has 0 bridgehead atoms. The zero-order chi connectivity index (χ0) is 18.2. The van der Waals surface area contributed by atoms with Gasteiger partial charge in [0.15, 0.2) is 0 Å². The fraction of sp³-hybridized carbons (Fsp3) is 0.267. The Morgan fingerprint density at radius 2 is 2.16 bits per heavy atom. The normalized spacial score (nSPS) is 14.9. The third kappa shape index (κ3) is 3.74. The molecule has 0 atom stereocenters. The van der Waals surface area contributed by atoms with Gasteiger partial charge in [0.2, 0.25) is 0 Å². The van der Waals surface area contributed by atoms with Gasteiger partial charge in [0.25, 0.3) is 0 Å². The summed E-state index contributed by atoms with van der Waals surface area (Å²) in [5, 5.41) is 5.97. The molecular weight excluding hydrogens is 407 g/mol. The Hall–Kier alpha value is -2.19. The number of carbonyl (C=O) groups excluding carboxylic acids is 1. The van der Waals surface area contributed by atoms with E-state index in [0.29, 0.717) is 15.5 Å². The van der Waals surface area contributed by atoms with Crippen molar-refractivity contribution in [2.75, 3.05) is 5.32 Å². The molecule has 0 unspecified atom stereocenters. The molecule has 0 aromatic carbocycles. The van der Waals surface area contributed by atoms with Crippen LogP contribution in [0.4, 0.5) is 22.3 Å². The first-order valence-corrected chi connectivity index (χ1v) is 8.91. The van der Waals surface area contributed by atoms with E-state index in [1.807, 2.05) is 0 Å². The number of nitrogens with zero attached hydrogens (tertiary/aromatic N) is 3. The number of halogens is 4. The number of allylic oxidation sites excluding steroid dienone is 2. The van der Waals surface area contributed by atoms with Crippen LogP contribution in [0.2, 0.25) is 0 Å². The van der Waals surface area contributed by atoms with Crippen molar-refractivity contribution < 1.29 is 22.4 Å². The van der Waals surface area contributed by atoms with Crippen molar-refractivity contribution in [1.82, 2.24) is 14.8 Å². The fourth-order valence-corrected chi connectivity index (χ4v) is 4.09. The summed E-state index contributed by atoms with van der Waals surface area (Å²) >= 11 is -0.512. The quantitative estimate of drug-likeness (QED) is 0.615. The van der Waals surface area contributed by atoms with E-state index in [4.69, 9.17) is 0 Å². The van der Waals surface area contributed by atoms with Crippen molar-refractivity contribution in [3.8, 4) is 10.1 Å². The molecule has 0 aliphatic heterocycles. The number of anilines is 1. The Labute approximate surface area is 145 Å². The summed E-state index contributed by atoms with van der Waals surface area (Å²) in [6.07, 6.45) is 0.710. The second-order valence-electron chi connectivity index (χ2n) is 5.28.